The van der Waals surface area contributed by atoms with Crippen molar-refractivity contribution >= 4 is 17.7 Å². The molecule has 1 aromatic heterocycles. The Bertz CT molecular complexity index is 524. The van der Waals surface area contributed by atoms with Gasteiger partial charge in [-0.2, -0.15) is 0 Å². The van der Waals surface area contributed by atoms with Gasteiger partial charge >= 0.3 is 11.9 Å². The first-order chi connectivity index (χ1) is 7.72. The summed E-state index contributed by atoms with van der Waals surface area (Å²) in [6, 6.07) is 7.44. The van der Waals surface area contributed by atoms with Crippen molar-refractivity contribution < 1.29 is 14.3 Å². The molecule has 0 bridgehead atoms. The first-order valence-corrected chi connectivity index (χ1v) is 5.65. The highest BCUT2D eigenvalue weighted by atomic mass is 32.2. The Kier molecular flexibility index (Phi) is 2.91. The number of carbonyl (C=O) groups is 1. The molecule has 0 fully saturated rings. The molecule has 16 heavy (non-hydrogen) atoms. The monoisotopic (exact) mass is 236 g/mol. The van der Waals surface area contributed by atoms with E-state index in [1.807, 2.05) is 30.5 Å². The van der Waals surface area contributed by atoms with Gasteiger partial charge in [0.25, 0.3) is 0 Å². The van der Waals surface area contributed by atoms with E-state index in [2.05, 4.69) is 10.2 Å². The van der Waals surface area contributed by atoms with Gasteiger partial charge in [0.2, 0.25) is 5.89 Å². The molecule has 2 rings (SSSR count). The number of carboxylic acid groups (broad SMARTS) is 1. The number of hydrogen-bond acceptors (Lipinski definition) is 5. The standard InChI is InChI=1S/C10H8N2O3S/c1-16-7-5-3-2-4-6(7)8-11-12-9(15-8)10(13)14/h2-5H,1H3,(H,13,14). The summed E-state index contributed by atoms with van der Waals surface area (Å²) in [7, 11) is 0. The lowest BCUT2D eigenvalue weighted by Gasteiger charge is -2.00. The van der Waals surface area contributed by atoms with Crippen LogP contribution in [0.1, 0.15) is 10.7 Å². The van der Waals surface area contributed by atoms with E-state index in [-0.39, 0.29) is 5.89 Å². The van der Waals surface area contributed by atoms with Crippen LogP contribution in [0.2, 0.25) is 0 Å². The van der Waals surface area contributed by atoms with Crippen LogP contribution in [0.15, 0.2) is 33.6 Å². The van der Waals surface area contributed by atoms with Crippen molar-refractivity contribution in [3.63, 3.8) is 0 Å². The van der Waals surface area contributed by atoms with E-state index in [1.54, 1.807) is 0 Å². The zero-order chi connectivity index (χ0) is 11.5. The lowest BCUT2D eigenvalue weighted by Crippen LogP contribution is -1.95. The van der Waals surface area contributed by atoms with E-state index in [0.717, 1.165) is 10.5 Å². The van der Waals surface area contributed by atoms with Crippen LogP contribution < -0.4 is 0 Å². The minimum atomic E-state index is -1.22. The van der Waals surface area contributed by atoms with Crippen molar-refractivity contribution in [2.24, 2.45) is 0 Å². The molecule has 0 atom stereocenters. The summed E-state index contributed by atoms with van der Waals surface area (Å²) in [4.78, 5) is 11.6. The molecular formula is C10H8N2O3S. The van der Waals surface area contributed by atoms with Gasteiger partial charge in [-0.1, -0.05) is 12.1 Å². The Hall–Kier alpha value is -1.82. The van der Waals surface area contributed by atoms with Gasteiger partial charge in [-0.25, -0.2) is 4.79 Å². The molecule has 0 radical (unpaired) electrons. The second kappa shape index (κ2) is 4.36. The molecule has 0 saturated heterocycles. The molecule has 0 aliphatic carbocycles. The molecule has 2 aromatic rings. The molecule has 5 nitrogen and oxygen atoms in total. The van der Waals surface area contributed by atoms with Gasteiger partial charge in [0.15, 0.2) is 0 Å². The first kappa shape index (κ1) is 10.7. The number of rotatable bonds is 3. The lowest BCUT2D eigenvalue weighted by molar-refractivity contribution is 0.0654. The van der Waals surface area contributed by atoms with Crippen molar-refractivity contribution in [2.45, 2.75) is 4.90 Å². The van der Waals surface area contributed by atoms with Crippen molar-refractivity contribution in [1.29, 1.82) is 0 Å². The number of carboxylic acids is 1. The van der Waals surface area contributed by atoms with Crippen LogP contribution >= 0.6 is 11.8 Å². The Morgan fingerprint density at radius 3 is 2.75 bits per heavy atom. The molecule has 82 valence electrons. The van der Waals surface area contributed by atoms with E-state index in [0.29, 0.717) is 0 Å². The number of hydrogen-bond donors (Lipinski definition) is 1. The fourth-order valence-corrected chi connectivity index (χ4v) is 1.83. The summed E-state index contributed by atoms with van der Waals surface area (Å²) in [5.74, 6) is -1.39. The summed E-state index contributed by atoms with van der Waals surface area (Å²) >= 11 is 1.53. The molecule has 0 saturated carbocycles. The minimum Gasteiger partial charge on any atom is -0.474 e. The summed E-state index contributed by atoms with van der Waals surface area (Å²) in [5.41, 5.74) is 0.745. The van der Waals surface area contributed by atoms with Crippen molar-refractivity contribution in [1.82, 2.24) is 10.2 Å². The Morgan fingerprint density at radius 2 is 2.12 bits per heavy atom. The number of nitrogens with zero attached hydrogens (tertiary/aromatic N) is 2. The summed E-state index contributed by atoms with van der Waals surface area (Å²) in [6.45, 7) is 0. The highest BCUT2D eigenvalue weighted by Gasteiger charge is 2.15. The number of thioether (sulfide) groups is 1. The predicted molar refractivity (Wildman–Crippen MR) is 58.5 cm³/mol. The summed E-state index contributed by atoms with van der Waals surface area (Å²) in [6.07, 6.45) is 1.92. The Balaban J connectivity index is 2.46. The van der Waals surface area contributed by atoms with Crippen LogP contribution in [0.25, 0.3) is 11.5 Å². The van der Waals surface area contributed by atoms with Gasteiger partial charge in [0.05, 0.1) is 5.56 Å². The molecule has 0 spiro atoms. The average Bonchev–Trinajstić information content (AvgIpc) is 2.78. The minimum absolute atomic E-state index is 0.224. The van der Waals surface area contributed by atoms with Crippen LogP contribution in [0, 0.1) is 0 Å². The van der Waals surface area contributed by atoms with Crippen molar-refractivity contribution in [3.05, 3.63) is 30.2 Å². The molecule has 1 heterocycles. The van der Waals surface area contributed by atoms with Crippen LogP contribution in [-0.2, 0) is 0 Å². The van der Waals surface area contributed by atoms with Gasteiger partial charge < -0.3 is 9.52 Å². The normalized spacial score (nSPS) is 10.3. The van der Waals surface area contributed by atoms with Gasteiger partial charge in [0.1, 0.15) is 0 Å². The third-order valence-corrected chi connectivity index (χ3v) is 2.74. The molecule has 0 amide bonds. The van der Waals surface area contributed by atoms with Gasteiger partial charge in [0, 0.05) is 4.90 Å². The van der Waals surface area contributed by atoms with E-state index in [1.165, 1.54) is 11.8 Å². The summed E-state index contributed by atoms with van der Waals surface area (Å²) in [5, 5.41) is 15.8. The predicted octanol–water partition coefficient (Wildman–Crippen LogP) is 2.16. The zero-order valence-electron chi connectivity index (χ0n) is 8.38. The van der Waals surface area contributed by atoms with E-state index in [4.69, 9.17) is 9.52 Å². The summed E-state index contributed by atoms with van der Waals surface area (Å²) < 4.78 is 5.04. The van der Waals surface area contributed by atoms with Crippen LogP contribution in [0.3, 0.4) is 0 Å². The first-order valence-electron chi connectivity index (χ1n) is 4.42. The number of benzene rings is 1. The maximum Gasteiger partial charge on any atom is 0.393 e. The second-order valence-corrected chi connectivity index (χ2v) is 3.77. The molecule has 1 aromatic carbocycles. The lowest BCUT2D eigenvalue weighted by atomic mass is 10.2. The molecule has 0 aliphatic rings. The molecule has 0 aliphatic heterocycles. The smallest absolute Gasteiger partial charge is 0.393 e. The highest BCUT2D eigenvalue weighted by Crippen LogP contribution is 2.28. The molecule has 1 N–H and O–H groups in total. The van der Waals surface area contributed by atoms with Crippen LogP contribution in [0.4, 0.5) is 0 Å². The topological polar surface area (TPSA) is 76.2 Å². The largest absolute Gasteiger partial charge is 0.474 e. The third kappa shape index (κ3) is 1.92. The number of aromatic carboxylic acids is 1. The van der Waals surface area contributed by atoms with Crippen molar-refractivity contribution in [3.8, 4) is 11.5 Å². The SMILES string of the molecule is CSc1ccccc1-c1nnc(C(=O)O)o1. The molecular weight excluding hydrogens is 228 g/mol. The fourth-order valence-electron chi connectivity index (χ4n) is 1.24. The second-order valence-electron chi connectivity index (χ2n) is 2.92. The van der Waals surface area contributed by atoms with E-state index < -0.39 is 11.9 Å². The quantitative estimate of drug-likeness (QED) is 0.823. The van der Waals surface area contributed by atoms with E-state index >= 15 is 0 Å². The van der Waals surface area contributed by atoms with Gasteiger partial charge in [-0.15, -0.1) is 22.0 Å². The highest BCUT2D eigenvalue weighted by molar-refractivity contribution is 7.98. The number of aromatic nitrogens is 2. The average molecular weight is 236 g/mol. The zero-order valence-corrected chi connectivity index (χ0v) is 9.19. The fraction of sp³-hybridized carbons (Fsp3) is 0.100. The van der Waals surface area contributed by atoms with Crippen molar-refractivity contribution in [2.75, 3.05) is 6.26 Å². The van der Waals surface area contributed by atoms with Crippen LogP contribution in [-0.4, -0.2) is 27.5 Å². The van der Waals surface area contributed by atoms with Crippen LogP contribution in [0.5, 0.6) is 0 Å². The maximum absolute atomic E-state index is 10.6. The Morgan fingerprint density at radius 1 is 1.38 bits per heavy atom. The molecule has 0 unspecified atom stereocenters. The van der Waals surface area contributed by atoms with Gasteiger partial charge in [-0.05, 0) is 18.4 Å². The maximum atomic E-state index is 10.6. The van der Waals surface area contributed by atoms with E-state index in [9.17, 15) is 4.79 Å². The van der Waals surface area contributed by atoms with Gasteiger partial charge in [-0.3, -0.25) is 0 Å². The Labute approximate surface area is 95.5 Å². The molecule has 6 heteroatoms. The third-order valence-electron chi connectivity index (χ3n) is 1.95.